The minimum absolute atomic E-state index is 0.00847. The Bertz CT molecular complexity index is 1250. The lowest BCUT2D eigenvalue weighted by atomic mass is 10.1. The summed E-state index contributed by atoms with van der Waals surface area (Å²) in [6.07, 6.45) is 0.956. The molecule has 3 rings (SSSR count). The van der Waals surface area contributed by atoms with E-state index in [0.717, 1.165) is 0 Å². The van der Waals surface area contributed by atoms with E-state index in [0.29, 0.717) is 26.3 Å². The highest BCUT2D eigenvalue weighted by atomic mass is 35.5. The van der Waals surface area contributed by atoms with Crippen molar-refractivity contribution >= 4 is 50.9 Å². The number of hydrogen-bond donors (Lipinski definition) is 1. The fourth-order valence-electron chi connectivity index (χ4n) is 3.79. The highest BCUT2D eigenvalue weighted by Crippen LogP contribution is 2.30. The third-order valence-corrected chi connectivity index (χ3v) is 8.31. The molecule has 2 aromatic rings. The van der Waals surface area contributed by atoms with E-state index in [-0.39, 0.29) is 35.4 Å². The minimum Gasteiger partial charge on any atom is -0.352 e. The van der Waals surface area contributed by atoms with Gasteiger partial charge in [-0.3, -0.25) is 14.4 Å². The summed E-state index contributed by atoms with van der Waals surface area (Å²) < 4.78 is 26.5. The number of benzene rings is 2. The van der Waals surface area contributed by atoms with Gasteiger partial charge in [-0.05, 0) is 49.6 Å². The zero-order valence-corrected chi connectivity index (χ0v) is 22.0. The van der Waals surface area contributed by atoms with Gasteiger partial charge in [0.2, 0.25) is 11.8 Å². The number of hydrogen-bond acceptors (Lipinski definition) is 5. The summed E-state index contributed by atoms with van der Waals surface area (Å²) in [5, 5.41) is 3.58. The topological polar surface area (TPSA) is 104 Å². The quantitative estimate of drug-likeness (QED) is 0.520. The summed E-state index contributed by atoms with van der Waals surface area (Å²) in [5.41, 5.74) is 0.534. The maximum Gasteiger partial charge on any atom is 0.269 e. The van der Waals surface area contributed by atoms with Gasteiger partial charge in [0, 0.05) is 22.6 Å². The van der Waals surface area contributed by atoms with Crippen LogP contribution in [0.4, 0.5) is 0 Å². The van der Waals surface area contributed by atoms with E-state index in [2.05, 4.69) is 5.32 Å². The normalized spacial score (nSPS) is 15.9. The SMILES string of the molecule is CC[C@H](C)NC(=O)[C@H](CC)N(Cc1ccc(Cl)cc1Cl)C(=O)CN1C(=O)c2ccccc2S1(=O)=O. The number of carbonyl (C=O) groups excluding carboxylic acids is 3. The average molecular weight is 540 g/mol. The second-order valence-corrected chi connectivity index (χ2v) is 11.0. The van der Waals surface area contributed by atoms with Crippen LogP contribution in [0.5, 0.6) is 0 Å². The third kappa shape index (κ3) is 5.63. The minimum atomic E-state index is -4.19. The van der Waals surface area contributed by atoms with Gasteiger partial charge >= 0.3 is 0 Å². The molecule has 188 valence electrons. The van der Waals surface area contributed by atoms with Gasteiger partial charge in [0.1, 0.15) is 17.5 Å². The molecule has 1 aliphatic rings. The summed E-state index contributed by atoms with van der Waals surface area (Å²) in [4.78, 5) is 40.6. The predicted octanol–water partition coefficient (Wildman–Crippen LogP) is 3.86. The van der Waals surface area contributed by atoms with E-state index >= 15 is 0 Å². The number of sulfonamides is 1. The first-order valence-corrected chi connectivity index (χ1v) is 13.4. The van der Waals surface area contributed by atoms with Gasteiger partial charge < -0.3 is 10.2 Å². The van der Waals surface area contributed by atoms with Crippen LogP contribution in [-0.2, 0) is 26.2 Å². The monoisotopic (exact) mass is 539 g/mol. The van der Waals surface area contributed by atoms with Crippen molar-refractivity contribution in [3.63, 3.8) is 0 Å². The zero-order chi connectivity index (χ0) is 25.9. The Kier molecular flexibility index (Phi) is 8.46. The number of fused-ring (bicyclic) bond motifs is 1. The van der Waals surface area contributed by atoms with E-state index in [1.165, 1.54) is 29.2 Å². The first kappa shape index (κ1) is 27.0. The number of amides is 3. The van der Waals surface area contributed by atoms with Gasteiger partial charge in [-0.15, -0.1) is 0 Å². The molecule has 35 heavy (non-hydrogen) atoms. The van der Waals surface area contributed by atoms with E-state index in [9.17, 15) is 22.8 Å². The lowest BCUT2D eigenvalue weighted by molar-refractivity contribution is -0.141. The van der Waals surface area contributed by atoms with Crippen molar-refractivity contribution in [2.75, 3.05) is 6.54 Å². The molecule has 0 aliphatic carbocycles. The highest BCUT2D eigenvalue weighted by molar-refractivity contribution is 7.90. The molecule has 11 heteroatoms. The van der Waals surface area contributed by atoms with E-state index in [1.807, 2.05) is 13.8 Å². The van der Waals surface area contributed by atoms with E-state index < -0.39 is 34.4 Å². The molecule has 0 aromatic heterocycles. The van der Waals surface area contributed by atoms with Crippen LogP contribution in [0.25, 0.3) is 0 Å². The molecule has 0 saturated heterocycles. The van der Waals surface area contributed by atoms with E-state index in [1.54, 1.807) is 25.1 Å². The first-order valence-electron chi connectivity index (χ1n) is 11.2. The Labute approximate surface area is 215 Å². The van der Waals surface area contributed by atoms with Crippen molar-refractivity contribution in [1.82, 2.24) is 14.5 Å². The van der Waals surface area contributed by atoms with Crippen molar-refractivity contribution in [2.24, 2.45) is 0 Å². The van der Waals surface area contributed by atoms with Crippen LogP contribution in [0, 0.1) is 0 Å². The molecular weight excluding hydrogens is 513 g/mol. The van der Waals surface area contributed by atoms with Gasteiger partial charge in [-0.2, -0.15) is 0 Å². The fourth-order valence-corrected chi connectivity index (χ4v) is 5.78. The molecule has 0 radical (unpaired) electrons. The van der Waals surface area contributed by atoms with E-state index in [4.69, 9.17) is 23.2 Å². The second-order valence-electron chi connectivity index (χ2n) is 8.31. The molecule has 1 heterocycles. The van der Waals surface area contributed by atoms with Crippen LogP contribution in [0.2, 0.25) is 10.0 Å². The molecule has 3 amide bonds. The van der Waals surface area contributed by atoms with Crippen molar-refractivity contribution < 1.29 is 22.8 Å². The predicted molar refractivity (Wildman–Crippen MR) is 134 cm³/mol. The van der Waals surface area contributed by atoms with Crippen molar-refractivity contribution in [3.05, 3.63) is 63.6 Å². The van der Waals surface area contributed by atoms with Crippen molar-refractivity contribution in [2.45, 2.75) is 57.1 Å². The molecule has 0 bridgehead atoms. The van der Waals surface area contributed by atoms with Crippen LogP contribution in [0.15, 0.2) is 47.4 Å². The summed E-state index contributed by atoms with van der Waals surface area (Å²) in [6, 6.07) is 9.52. The molecule has 2 aromatic carbocycles. The van der Waals surface area contributed by atoms with Crippen LogP contribution in [0.1, 0.15) is 49.5 Å². The maximum absolute atomic E-state index is 13.5. The summed E-state index contributed by atoms with van der Waals surface area (Å²) >= 11 is 12.3. The summed E-state index contributed by atoms with van der Waals surface area (Å²) in [7, 11) is -4.19. The molecule has 8 nitrogen and oxygen atoms in total. The average Bonchev–Trinajstić information content (AvgIpc) is 3.00. The number of nitrogens with one attached hydrogen (secondary N) is 1. The first-order chi connectivity index (χ1) is 16.5. The lowest BCUT2D eigenvalue weighted by Crippen LogP contribution is -2.53. The smallest absolute Gasteiger partial charge is 0.269 e. The van der Waals surface area contributed by atoms with Crippen LogP contribution in [0.3, 0.4) is 0 Å². The standard InChI is InChI=1S/C24H27Cl2N3O5S/c1-4-15(3)27-23(31)20(5-2)28(13-16-10-11-17(25)12-19(16)26)22(30)14-29-24(32)18-8-6-7-9-21(18)35(29,33)34/h6-12,15,20H,4-5,13-14H2,1-3H3,(H,27,31)/t15-,20-/m0/s1. The Balaban J connectivity index is 1.95. The van der Waals surface area contributed by atoms with Gasteiger partial charge in [0.25, 0.3) is 15.9 Å². The molecule has 2 atom stereocenters. The summed E-state index contributed by atoms with van der Waals surface area (Å²) in [6.45, 7) is 4.70. The molecular formula is C24H27Cl2N3O5S. The zero-order valence-electron chi connectivity index (χ0n) is 19.6. The third-order valence-electron chi connectivity index (χ3n) is 5.93. The van der Waals surface area contributed by atoms with Crippen LogP contribution in [-0.4, -0.2) is 54.0 Å². The molecule has 0 unspecified atom stereocenters. The number of carbonyl (C=O) groups is 3. The molecule has 1 aliphatic heterocycles. The summed E-state index contributed by atoms with van der Waals surface area (Å²) in [5.74, 6) is -1.86. The Morgan fingerprint density at radius 2 is 1.77 bits per heavy atom. The maximum atomic E-state index is 13.5. The Morgan fingerprint density at radius 1 is 1.09 bits per heavy atom. The fraction of sp³-hybridized carbons (Fsp3) is 0.375. The number of nitrogens with zero attached hydrogens (tertiary/aromatic N) is 2. The lowest BCUT2D eigenvalue weighted by Gasteiger charge is -2.32. The molecule has 0 spiro atoms. The van der Waals surface area contributed by atoms with Gasteiger partial charge in [0.15, 0.2) is 0 Å². The van der Waals surface area contributed by atoms with Gasteiger partial charge in [-0.1, -0.05) is 55.2 Å². The molecule has 0 saturated carbocycles. The highest BCUT2D eigenvalue weighted by Gasteiger charge is 2.43. The number of halogens is 2. The van der Waals surface area contributed by atoms with Crippen LogP contribution < -0.4 is 5.32 Å². The number of rotatable bonds is 9. The van der Waals surface area contributed by atoms with Crippen molar-refractivity contribution in [1.29, 1.82) is 0 Å². The second kappa shape index (κ2) is 11.0. The Hall–Kier alpha value is -2.62. The largest absolute Gasteiger partial charge is 0.352 e. The molecule has 0 fully saturated rings. The molecule has 1 N–H and O–H groups in total. The Morgan fingerprint density at radius 3 is 2.37 bits per heavy atom. The van der Waals surface area contributed by atoms with Gasteiger partial charge in [-0.25, -0.2) is 12.7 Å². The van der Waals surface area contributed by atoms with Crippen LogP contribution >= 0.6 is 23.2 Å². The van der Waals surface area contributed by atoms with Crippen molar-refractivity contribution in [3.8, 4) is 0 Å². The van der Waals surface area contributed by atoms with Gasteiger partial charge in [0.05, 0.1) is 5.56 Å².